The highest BCUT2D eigenvalue weighted by atomic mass is 32.2. The molecule has 1 heterocycles. The van der Waals surface area contributed by atoms with E-state index < -0.39 is 5.97 Å². The lowest BCUT2D eigenvalue weighted by molar-refractivity contribution is -0.136. The highest BCUT2D eigenvalue weighted by molar-refractivity contribution is 7.98. The number of thioether (sulfide) groups is 1. The Balaban J connectivity index is 1.91. The van der Waals surface area contributed by atoms with Gasteiger partial charge in [-0.1, -0.05) is 18.2 Å². The molecule has 17 heavy (non-hydrogen) atoms. The SMILES string of the molecule is O=C(O)Cc1ccc(SCc2cccs2)cc1. The number of thiophene rings is 1. The van der Waals surface area contributed by atoms with Gasteiger partial charge in [0.1, 0.15) is 0 Å². The van der Waals surface area contributed by atoms with Gasteiger partial charge in [0.25, 0.3) is 0 Å². The molecule has 0 fully saturated rings. The van der Waals surface area contributed by atoms with Crippen LogP contribution in [0.4, 0.5) is 0 Å². The minimum Gasteiger partial charge on any atom is -0.481 e. The average molecular weight is 264 g/mol. The summed E-state index contributed by atoms with van der Waals surface area (Å²) in [7, 11) is 0. The second-order valence-electron chi connectivity index (χ2n) is 3.58. The molecule has 0 atom stereocenters. The third-order valence-electron chi connectivity index (χ3n) is 2.24. The van der Waals surface area contributed by atoms with Gasteiger partial charge in [0.15, 0.2) is 0 Å². The third kappa shape index (κ3) is 3.91. The summed E-state index contributed by atoms with van der Waals surface area (Å²) in [6, 6.07) is 11.9. The van der Waals surface area contributed by atoms with Crippen molar-refractivity contribution in [2.45, 2.75) is 17.1 Å². The summed E-state index contributed by atoms with van der Waals surface area (Å²) in [6.07, 6.45) is 0.0931. The van der Waals surface area contributed by atoms with Crippen molar-refractivity contribution in [1.82, 2.24) is 0 Å². The molecule has 0 aliphatic carbocycles. The van der Waals surface area contributed by atoms with Crippen LogP contribution in [-0.2, 0) is 17.0 Å². The summed E-state index contributed by atoms with van der Waals surface area (Å²) in [5.41, 5.74) is 0.845. The van der Waals surface area contributed by atoms with Crippen molar-refractivity contribution in [2.75, 3.05) is 0 Å². The zero-order valence-electron chi connectivity index (χ0n) is 9.13. The van der Waals surface area contributed by atoms with E-state index in [0.717, 1.165) is 11.3 Å². The van der Waals surface area contributed by atoms with Crippen molar-refractivity contribution in [3.8, 4) is 0 Å². The van der Waals surface area contributed by atoms with Gasteiger partial charge in [-0.05, 0) is 29.1 Å². The summed E-state index contributed by atoms with van der Waals surface area (Å²) >= 11 is 3.52. The van der Waals surface area contributed by atoms with Gasteiger partial charge >= 0.3 is 5.97 Å². The Morgan fingerprint density at radius 2 is 2.00 bits per heavy atom. The second-order valence-corrected chi connectivity index (χ2v) is 5.66. The first kappa shape index (κ1) is 12.2. The number of carboxylic acids is 1. The number of benzene rings is 1. The molecule has 1 aromatic heterocycles. The Morgan fingerprint density at radius 1 is 1.24 bits per heavy atom. The van der Waals surface area contributed by atoms with Crippen LogP contribution in [0.2, 0.25) is 0 Å². The maximum Gasteiger partial charge on any atom is 0.307 e. The molecule has 1 N–H and O–H groups in total. The smallest absolute Gasteiger partial charge is 0.307 e. The normalized spacial score (nSPS) is 10.4. The fourth-order valence-corrected chi connectivity index (χ4v) is 3.10. The van der Waals surface area contributed by atoms with Crippen molar-refractivity contribution in [2.24, 2.45) is 0 Å². The molecule has 0 radical (unpaired) electrons. The molecule has 0 bridgehead atoms. The third-order valence-corrected chi connectivity index (χ3v) is 4.36. The van der Waals surface area contributed by atoms with Gasteiger partial charge in [-0.3, -0.25) is 4.79 Å². The molecule has 4 heteroatoms. The molecular formula is C13H12O2S2. The number of rotatable bonds is 5. The summed E-state index contributed by atoms with van der Waals surface area (Å²) in [6.45, 7) is 0. The average Bonchev–Trinajstić information content (AvgIpc) is 2.80. The van der Waals surface area contributed by atoms with E-state index in [1.807, 2.05) is 24.3 Å². The lowest BCUT2D eigenvalue weighted by atomic mass is 10.2. The lowest BCUT2D eigenvalue weighted by Gasteiger charge is -2.01. The van der Waals surface area contributed by atoms with Crippen LogP contribution in [0.5, 0.6) is 0 Å². The van der Waals surface area contributed by atoms with Crippen LogP contribution in [0.3, 0.4) is 0 Å². The topological polar surface area (TPSA) is 37.3 Å². The van der Waals surface area contributed by atoms with Crippen molar-refractivity contribution in [1.29, 1.82) is 0 Å². The molecule has 2 nitrogen and oxygen atoms in total. The van der Waals surface area contributed by atoms with Crippen LogP contribution in [0.1, 0.15) is 10.4 Å². The Kier molecular flexibility index (Phi) is 4.23. The molecule has 88 valence electrons. The molecule has 0 spiro atoms. The van der Waals surface area contributed by atoms with E-state index in [1.54, 1.807) is 23.1 Å². The van der Waals surface area contributed by atoms with E-state index in [2.05, 4.69) is 17.5 Å². The van der Waals surface area contributed by atoms with E-state index in [4.69, 9.17) is 5.11 Å². The van der Waals surface area contributed by atoms with Gasteiger partial charge in [-0.15, -0.1) is 23.1 Å². The molecule has 0 unspecified atom stereocenters. The van der Waals surface area contributed by atoms with E-state index >= 15 is 0 Å². The van der Waals surface area contributed by atoms with Crippen LogP contribution < -0.4 is 0 Å². The van der Waals surface area contributed by atoms with Crippen LogP contribution in [0, 0.1) is 0 Å². The molecule has 2 aromatic rings. The molecule has 2 rings (SSSR count). The maximum absolute atomic E-state index is 10.5. The number of carboxylic acid groups (broad SMARTS) is 1. The van der Waals surface area contributed by atoms with Gasteiger partial charge in [-0.2, -0.15) is 0 Å². The predicted molar refractivity (Wildman–Crippen MR) is 71.7 cm³/mol. The Labute approximate surface area is 108 Å². The standard InChI is InChI=1S/C13H12O2S2/c14-13(15)8-10-3-5-11(6-4-10)17-9-12-2-1-7-16-12/h1-7H,8-9H2,(H,14,15). The van der Waals surface area contributed by atoms with E-state index in [-0.39, 0.29) is 6.42 Å². The van der Waals surface area contributed by atoms with Crippen LogP contribution in [0.25, 0.3) is 0 Å². The van der Waals surface area contributed by atoms with Gasteiger partial charge in [0, 0.05) is 15.5 Å². The minimum atomic E-state index is -0.788. The Hall–Kier alpha value is -1.26. The number of hydrogen-bond acceptors (Lipinski definition) is 3. The molecule has 0 saturated heterocycles. The first-order valence-corrected chi connectivity index (χ1v) is 7.06. The highest BCUT2D eigenvalue weighted by Crippen LogP contribution is 2.25. The maximum atomic E-state index is 10.5. The van der Waals surface area contributed by atoms with E-state index in [1.165, 1.54) is 9.77 Å². The van der Waals surface area contributed by atoms with Crippen molar-refractivity contribution < 1.29 is 9.90 Å². The van der Waals surface area contributed by atoms with Gasteiger partial charge in [0.05, 0.1) is 6.42 Å². The fraction of sp³-hybridized carbons (Fsp3) is 0.154. The van der Waals surface area contributed by atoms with Crippen LogP contribution >= 0.6 is 23.1 Å². The number of hydrogen-bond donors (Lipinski definition) is 1. The minimum absolute atomic E-state index is 0.0931. The summed E-state index contributed by atoms with van der Waals surface area (Å²) in [5.74, 6) is 0.180. The molecular weight excluding hydrogens is 252 g/mol. The highest BCUT2D eigenvalue weighted by Gasteiger charge is 2.01. The van der Waals surface area contributed by atoms with Crippen molar-refractivity contribution in [3.63, 3.8) is 0 Å². The largest absolute Gasteiger partial charge is 0.481 e. The molecule has 0 amide bonds. The first-order chi connectivity index (χ1) is 8.24. The fourth-order valence-electron chi connectivity index (χ4n) is 1.43. The van der Waals surface area contributed by atoms with Gasteiger partial charge < -0.3 is 5.11 Å². The second kappa shape index (κ2) is 5.89. The van der Waals surface area contributed by atoms with Crippen LogP contribution in [0.15, 0.2) is 46.7 Å². The Morgan fingerprint density at radius 3 is 2.59 bits per heavy atom. The van der Waals surface area contributed by atoms with Crippen molar-refractivity contribution >= 4 is 29.1 Å². The summed E-state index contributed by atoms with van der Waals surface area (Å²) in [5, 5.41) is 10.7. The molecule has 0 saturated carbocycles. The van der Waals surface area contributed by atoms with E-state index in [9.17, 15) is 4.79 Å². The lowest BCUT2D eigenvalue weighted by Crippen LogP contribution is -1.99. The molecule has 0 aliphatic rings. The predicted octanol–water partition coefficient (Wildman–Crippen LogP) is 3.67. The van der Waals surface area contributed by atoms with Crippen molar-refractivity contribution in [3.05, 3.63) is 52.2 Å². The zero-order valence-corrected chi connectivity index (χ0v) is 10.8. The number of aliphatic carboxylic acids is 1. The monoisotopic (exact) mass is 264 g/mol. The summed E-state index contributed by atoms with van der Waals surface area (Å²) < 4.78 is 0. The first-order valence-electron chi connectivity index (χ1n) is 5.20. The summed E-state index contributed by atoms with van der Waals surface area (Å²) in [4.78, 5) is 13.1. The zero-order chi connectivity index (χ0) is 12.1. The quantitative estimate of drug-likeness (QED) is 0.837. The van der Waals surface area contributed by atoms with Gasteiger partial charge in [0.2, 0.25) is 0 Å². The Bertz CT molecular complexity index is 475. The van der Waals surface area contributed by atoms with E-state index in [0.29, 0.717) is 0 Å². The van der Waals surface area contributed by atoms with Gasteiger partial charge in [-0.25, -0.2) is 0 Å². The molecule has 0 aliphatic heterocycles. The number of carbonyl (C=O) groups is 1. The van der Waals surface area contributed by atoms with Crippen LogP contribution in [-0.4, -0.2) is 11.1 Å². The molecule has 1 aromatic carbocycles.